The van der Waals surface area contributed by atoms with Gasteiger partial charge in [0.05, 0.1) is 16.8 Å². The number of ketones is 1. The highest BCUT2D eigenvalue weighted by Gasteiger charge is 2.59. The van der Waals surface area contributed by atoms with Crippen molar-refractivity contribution in [1.82, 2.24) is 9.88 Å². The van der Waals surface area contributed by atoms with Gasteiger partial charge in [0.15, 0.2) is 5.78 Å². The van der Waals surface area contributed by atoms with E-state index in [4.69, 9.17) is 11.6 Å². The number of H-pyrrole nitrogens is 1. The maximum Gasteiger partial charge on any atom is 0.340 e. The van der Waals surface area contributed by atoms with E-state index < -0.39 is 28.8 Å². The number of aryl methyl sites for hydroxylation is 1. The molecule has 36 heavy (non-hydrogen) atoms. The summed E-state index contributed by atoms with van der Waals surface area (Å²) in [5.74, 6) is -3.74. The van der Waals surface area contributed by atoms with Crippen LogP contribution in [0.25, 0.3) is 10.9 Å². The van der Waals surface area contributed by atoms with E-state index >= 15 is 0 Å². The molecule has 0 spiro atoms. The van der Waals surface area contributed by atoms with E-state index in [0.717, 1.165) is 10.9 Å². The number of nitrogens with one attached hydrogen (secondary N) is 1. The Kier molecular flexibility index (Phi) is 5.26. The summed E-state index contributed by atoms with van der Waals surface area (Å²) in [7, 11) is 0. The van der Waals surface area contributed by atoms with Crippen molar-refractivity contribution in [3.63, 3.8) is 0 Å². The summed E-state index contributed by atoms with van der Waals surface area (Å²) in [6.45, 7) is 4.90. The molecule has 0 fully saturated rings. The van der Waals surface area contributed by atoms with Gasteiger partial charge in [-0.25, -0.2) is 9.59 Å². The summed E-state index contributed by atoms with van der Waals surface area (Å²) in [5, 5.41) is 32.7. The van der Waals surface area contributed by atoms with Gasteiger partial charge in [0.25, 0.3) is 0 Å². The third-order valence-corrected chi connectivity index (χ3v) is 7.72. The van der Waals surface area contributed by atoms with Gasteiger partial charge >= 0.3 is 11.9 Å². The SMILES string of the molecule is CC1=C(C(=O)O)C2(C(=O)O)c3[nH]c4ccccc4c3CCN2C(C)=C1C(=O)c1cc(Cl)c(C)cc1O. The van der Waals surface area contributed by atoms with E-state index in [-0.39, 0.29) is 39.7 Å². The van der Waals surface area contributed by atoms with Crippen molar-refractivity contribution in [2.75, 3.05) is 6.54 Å². The van der Waals surface area contributed by atoms with Crippen molar-refractivity contribution in [3.05, 3.63) is 86.2 Å². The lowest BCUT2D eigenvalue weighted by Gasteiger charge is -2.49. The van der Waals surface area contributed by atoms with E-state index in [9.17, 15) is 29.7 Å². The van der Waals surface area contributed by atoms with E-state index in [1.54, 1.807) is 13.8 Å². The number of Topliss-reactive ketones (excluding diaryl/α,β-unsaturated/α-hetero) is 1. The van der Waals surface area contributed by atoms with Crippen LogP contribution in [0, 0.1) is 6.92 Å². The zero-order valence-corrected chi connectivity index (χ0v) is 20.5. The molecule has 0 radical (unpaired) electrons. The number of benzene rings is 2. The van der Waals surface area contributed by atoms with Crippen molar-refractivity contribution in [1.29, 1.82) is 0 Å². The van der Waals surface area contributed by atoms with E-state index in [1.165, 1.54) is 24.0 Å². The highest BCUT2D eigenvalue weighted by Crippen LogP contribution is 2.51. The number of aromatic hydroxyl groups is 1. The number of carbonyl (C=O) groups is 3. The molecule has 4 N–H and O–H groups in total. The second-order valence-electron chi connectivity index (χ2n) is 9.15. The van der Waals surface area contributed by atoms with Crippen molar-refractivity contribution in [2.45, 2.75) is 32.7 Å². The number of phenolic OH excluding ortho intramolecular Hbond substituents is 1. The zero-order chi connectivity index (χ0) is 26.1. The Morgan fingerprint density at radius 1 is 1.08 bits per heavy atom. The van der Waals surface area contributed by atoms with Gasteiger partial charge in [-0.05, 0) is 62.1 Å². The minimum atomic E-state index is -2.07. The van der Waals surface area contributed by atoms with Crippen LogP contribution in [0.1, 0.15) is 41.0 Å². The van der Waals surface area contributed by atoms with Crippen LogP contribution in [-0.2, 0) is 21.5 Å². The first-order valence-electron chi connectivity index (χ1n) is 11.3. The number of carboxylic acid groups (broad SMARTS) is 2. The molecule has 1 unspecified atom stereocenters. The van der Waals surface area contributed by atoms with Crippen LogP contribution in [-0.4, -0.2) is 49.5 Å². The van der Waals surface area contributed by atoms with Gasteiger partial charge in [-0.3, -0.25) is 4.79 Å². The minimum absolute atomic E-state index is 0.0197. The Morgan fingerprint density at radius 2 is 1.78 bits per heavy atom. The van der Waals surface area contributed by atoms with Gasteiger partial charge in [0.1, 0.15) is 5.75 Å². The van der Waals surface area contributed by atoms with Gasteiger partial charge in [0.2, 0.25) is 5.54 Å². The number of hydrogen-bond acceptors (Lipinski definition) is 5. The molecule has 9 heteroatoms. The molecule has 5 rings (SSSR count). The Morgan fingerprint density at radius 3 is 2.44 bits per heavy atom. The molecule has 0 aliphatic carbocycles. The average molecular weight is 507 g/mol. The lowest BCUT2D eigenvalue weighted by molar-refractivity contribution is -0.153. The van der Waals surface area contributed by atoms with Gasteiger partial charge in [-0.1, -0.05) is 29.8 Å². The number of rotatable bonds is 4. The third-order valence-electron chi connectivity index (χ3n) is 7.32. The molecule has 0 saturated heterocycles. The highest BCUT2D eigenvalue weighted by molar-refractivity contribution is 6.32. The van der Waals surface area contributed by atoms with Crippen LogP contribution in [0.15, 0.2) is 58.8 Å². The van der Waals surface area contributed by atoms with E-state index in [0.29, 0.717) is 23.2 Å². The molecular formula is C27H23ClN2O6. The Labute approximate surface area is 211 Å². The quantitative estimate of drug-likeness (QED) is 0.382. The van der Waals surface area contributed by atoms with Crippen LogP contribution >= 0.6 is 11.6 Å². The molecule has 0 saturated carbocycles. The number of phenols is 1. The number of halogens is 1. The average Bonchev–Trinajstić information content (AvgIpc) is 3.20. The summed E-state index contributed by atoms with van der Waals surface area (Å²) in [6, 6.07) is 10.1. The number of allylic oxidation sites excluding steroid dienone is 3. The van der Waals surface area contributed by atoms with Crippen LogP contribution in [0.4, 0.5) is 0 Å². The summed E-state index contributed by atoms with van der Waals surface area (Å²) >= 11 is 6.21. The Hall–Kier alpha value is -4.04. The molecule has 2 aliphatic rings. The maximum atomic E-state index is 13.7. The number of nitrogens with zero attached hydrogens (tertiary/aromatic N) is 1. The van der Waals surface area contributed by atoms with Crippen molar-refractivity contribution in [3.8, 4) is 5.75 Å². The molecule has 2 aliphatic heterocycles. The Balaban J connectivity index is 1.82. The van der Waals surface area contributed by atoms with Crippen LogP contribution in [0.5, 0.6) is 5.75 Å². The second-order valence-corrected chi connectivity index (χ2v) is 9.56. The predicted octanol–water partition coefficient (Wildman–Crippen LogP) is 4.54. The fourth-order valence-electron chi connectivity index (χ4n) is 5.74. The largest absolute Gasteiger partial charge is 0.507 e. The molecular weight excluding hydrogens is 484 g/mol. The van der Waals surface area contributed by atoms with Crippen LogP contribution in [0.3, 0.4) is 0 Å². The monoisotopic (exact) mass is 506 g/mol. The van der Waals surface area contributed by atoms with Gasteiger partial charge in [-0.15, -0.1) is 0 Å². The summed E-state index contributed by atoms with van der Waals surface area (Å²) < 4.78 is 0. The first-order valence-corrected chi connectivity index (χ1v) is 11.7. The first-order chi connectivity index (χ1) is 17.0. The number of hydrogen-bond donors (Lipinski definition) is 4. The summed E-state index contributed by atoms with van der Waals surface area (Å²) in [4.78, 5) is 44.3. The standard InChI is InChI=1S/C27H23ClN2O6/c1-12-10-20(31)17(11-18(12)28)23(32)21-13(2)22(25(33)34)27(26(35)36)24-16(8-9-30(27)14(21)3)15-6-4-5-7-19(15)29-24/h4-7,10-11,29,31H,8-9H2,1-3H3,(H,33,34)(H,35,36). The number of para-hydroxylation sites is 1. The molecule has 3 aromatic rings. The number of aromatic amines is 1. The Bertz CT molecular complexity index is 1580. The lowest BCUT2D eigenvalue weighted by Crippen LogP contribution is -2.59. The highest BCUT2D eigenvalue weighted by atomic mass is 35.5. The van der Waals surface area contributed by atoms with Crippen molar-refractivity contribution < 1.29 is 29.7 Å². The number of aromatic nitrogens is 1. The van der Waals surface area contributed by atoms with Crippen LogP contribution < -0.4 is 0 Å². The first kappa shape index (κ1) is 23.7. The number of aliphatic carboxylic acids is 2. The lowest BCUT2D eigenvalue weighted by atomic mass is 9.71. The number of fused-ring (bicyclic) bond motifs is 5. The fourth-order valence-corrected chi connectivity index (χ4v) is 5.90. The molecule has 0 bridgehead atoms. The molecule has 2 aromatic carbocycles. The molecule has 184 valence electrons. The molecule has 1 atom stereocenters. The topological polar surface area (TPSA) is 131 Å². The minimum Gasteiger partial charge on any atom is -0.507 e. The van der Waals surface area contributed by atoms with E-state index in [1.807, 2.05) is 24.3 Å². The molecule has 3 heterocycles. The third kappa shape index (κ3) is 2.97. The summed E-state index contributed by atoms with van der Waals surface area (Å²) in [5.41, 5.74) is 0.0667. The van der Waals surface area contributed by atoms with Crippen molar-refractivity contribution in [2.24, 2.45) is 0 Å². The molecule has 8 nitrogen and oxygen atoms in total. The fraction of sp³-hybridized carbons (Fsp3) is 0.222. The van der Waals surface area contributed by atoms with Crippen LogP contribution in [0.2, 0.25) is 5.02 Å². The molecule has 1 aromatic heterocycles. The smallest absolute Gasteiger partial charge is 0.340 e. The normalized spacial score (nSPS) is 19.4. The zero-order valence-electron chi connectivity index (χ0n) is 19.8. The molecule has 0 amide bonds. The summed E-state index contributed by atoms with van der Waals surface area (Å²) in [6.07, 6.45) is 0.445. The van der Waals surface area contributed by atoms with Gasteiger partial charge in [0, 0.05) is 33.7 Å². The predicted molar refractivity (Wildman–Crippen MR) is 133 cm³/mol. The number of carboxylic acids is 2. The van der Waals surface area contributed by atoms with Crippen molar-refractivity contribution >= 4 is 40.2 Å². The van der Waals surface area contributed by atoms with E-state index in [2.05, 4.69) is 4.98 Å². The maximum absolute atomic E-state index is 13.7. The second kappa shape index (κ2) is 7.99. The number of carbonyl (C=O) groups excluding carboxylic acids is 1. The van der Waals surface area contributed by atoms with Gasteiger partial charge in [-0.2, -0.15) is 0 Å². The van der Waals surface area contributed by atoms with Gasteiger partial charge < -0.3 is 25.2 Å².